The molecule has 4 aromatic rings. The first-order chi connectivity index (χ1) is 17.1. The number of aromatic nitrogens is 2. The van der Waals surface area contributed by atoms with Crippen molar-refractivity contribution in [2.45, 2.75) is 43.2 Å². The molecule has 0 fully saturated rings. The molecule has 4 rings (SSSR count). The number of imidazole rings is 1. The zero-order valence-electron chi connectivity index (χ0n) is 20.4. The van der Waals surface area contributed by atoms with E-state index >= 15 is 0 Å². The molecule has 1 heterocycles. The van der Waals surface area contributed by atoms with Crippen LogP contribution in [0.15, 0.2) is 72.0 Å². The van der Waals surface area contributed by atoms with Crippen molar-refractivity contribution in [3.63, 3.8) is 0 Å². The molecule has 0 radical (unpaired) electrons. The van der Waals surface area contributed by atoms with Crippen LogP contribution in [0.25, 0.3) is 5.69 Å². The van der Waals surface area contributed by atoms with Crippen LogP contribution < -0.4 is 4.74 Å². The maximum absolute atomic E-state index is 13.8. The number of methoxy groups -OCH3 is 1. The minimum Gasteiger partial charge on any atom is -0.496 e. The van der Waals surface area contributed by atoms with Gasteiger partial charge in [-0.15, -0.1) is 0 Å². The molecule has 0 saturated carbocycles. The van der Waals surface area contributed by atoms with Crippen molar-refractivity contribution in [3.05, 3.63) is 106 Å². The lowest BCUT2D eigenvalue weighted by Crippen LogP contribution is -2.23. The van der Waals surface area contributed by atoms with Crippen LogP contribution in [0.2, 0.25) is 5.02 Å². The van der Waals surface area contributed by atoms with Gasteiger partial charge in [-0.05, 0) is 60.5 Å². The van der Waals surface area contributed by atoms with Gasteiger partial charge in [0.2, 0.25) is 0 Å². The van der Waals surface area contributed by atoms with Crippen molar-refractivity contribution in [1.82, 2.24) is 9.55 Å². The Bertz CT molecular complexity index is 1370. The normalized spacial score (nSPS) is 12.6. The molecule has 0 amide bonds. The molecule has 0 saturated heterocycles. The Labute approximate surface area is 218 Å². The minimum absolute atomic E-state index is 0.328. The quantitative estimate of drug-likeness (QED) is 0.241. The van der Waals surface area contributed by atoms with Crippen molar-refractivity contribution in [3.8, 4) is 11.4 Å². The van der Waals surface area contributed by atoms with Gasteiger partial charge in [0.25, 0.3) is 0 Å². The fourth-order valence-electron chi connectivity index (χ4n) is 4.09. The smallest absolute Gasteiger partial charge is 0.173 e. The summed E-state index contributed by atoms with van der Waals surface area (Å²) in [4.78, 5) is 4.70. The Balaban J connectivity index is 1.78. The number of thioether (sulfide) groups is 1. The standard InChI is InChI=1S/C28H27ClF2N2O2S/c1-17(34)23-12-6-19(13-25(23)35-4)28(2,3)26-15-32-27(33(26)22-10-8-20(30)9-11-22)36-16-18-5-7-21(31)14-24(18)29/h5-15,17,34H,16H2,1-4H3. The van der Waals surface area contributed by atoms with Gasteiger partial charge in [-0.3, -0.25) is 4.57 Å². The largest absolute Gasteiger partial charge is 0.496 e. The number of nitrogens with zero attached hydrogens (tertiary/aromatic N) is 2. The van der Waals surface area contributed by atoms with Crippen LogP contribution in [0, 0.1) is 11.6 Å². The first kappa shape index (κ1) is 26.2. The maximum atomic E-state index is 13.8. The van der Waals surface area contributed by atoms with Gasteiger partial charge < -0.3 is 9.84 Å². The van der Waals surface area contributed by atoms with Crippen LogP contribution in [0.5, 0.6) is 5.75 Å². The summed E-state index contributed by atoms with van der Waals surface area (Å²) in [5.41, 5.74) is 3.57. The lowest BCUT2D eigenvalue weighted by Gasteiger charge is -2.28. The van der Waals surface area contributed by atoms with E-state index in [0.29, 0.717) is 27.2 Å². The second-order valence-electron chi connectivity index (χ2n) is 9.02. The summed E-state index contributed by atoms with van der Waals surface area (Å²) >= 11 is 7.70. The molecular weight excluding hydrogens is 502 g/mol. The van der Waals surface area contributed by atoms with Crippen LogP contribution in [-0.2, 0) is 11.2 Å². The summed E-state index contributed by atoms with van der Waals surface area (Å²) in [5.74, 6) is 0.366. The predicted octanol–water partition coefficient (Wildman–Crippen LogP) is 7.48. The second-order valence-corrected chi connectivity index (χ2v) is 10.4. The number of rotatable bonds is 8. The van der Waals surface area contributed by atoms with Gasteiger partial charge in [-0.2, -0.15) is 0 Å². The third kappa shape index (κ3) is 5.28. The molecule has 8 heteroatoms. The van der Waals surface area contributed by atoms with E-state index in [1.54, 1.807) is 32.2 Å². The summed E-state index contributed by atoms with van der Waals surface area (Å²) in [6.45, 7) is 5.85. The number of halogens is 3. The lowest BCUT2D eigenvalue weighted by molar-refractivity contribution is 0.194. The molecule has 36 heavy (non-hydrogen) atoms. The van der Waals surface area contributed by atoms with Gasteiger partial charge in [-0.1, -0.05) is 55.4 Å². The molecule has 0 bridgehead atoms. The Hall–Kier alpha value is -2.87. The number of aliphatic hydroxyl groups excluding tert-OH is 1. The highest BCUT2D eigenvalue weighted by molar-refractivity contribution is 7.98. The van der Waals surface area contributed by atoms with Crippen molar-refractivity contribution in [1.29, 1.82) is 0 Å². The molecule has 1 atom stereocenters. The van der Waals surface area contributed by atoms with Crippen LogP contribution in [0.4, 0.5) is 8.78 Å². The summed E-state index contributed by atoms with van der Waals surface area (Å²) in [6.07, 6.45) is 1.15. The molecule has 0 aliphatic rings. The number of aliphatic hydroxyl groups is 1. The molecule has 3 aromatic carbocycles. The van der Waals surface area contributed by atoms with Gasteiger partial charge in [0.05, 0.1) is 25.1 Å². The van der Waals surface area contributed by atoms with E-state index in [9.17, 15) is 13.9 Å². The number of benzene rings is 3. The molecular formula is C28H27ClF2N2O2S. The van der Waals surface area contributed by atoms with Crippen molar-refractivity contribution in [2.24, 2.45) is 0 Å². The highest BCUT2D eigenvalue weighted by Gasteiger charge is 2.30. The Morgan fingerprint density at radius 2 is 1.75 bits per heavy atom. The van der Waals surface area contributed by atoms with E-state index in [2.05, 4.69) is 13.8 Å². The molecule has 0 aliphatic carbocycles. The van der Waals surface area contributed by atoms with Crippen molar-refractivity contribution >= 4 is 23.4 Å². The highest BCUT2D eigenvalue weighted by Crippen LogP contribution is 2.39. The Morgan fingerprint density at radius 3 is 2.39 bits per heavy atom. The van der Waals surface area contributed by atoms with Gasteiger partial charge >= 0.3 is 0 Å². The average molecular weight is 529 g/mol. The van der Waals surface area contributed by atoms with Crippen LogP contribution in [0.1, 0.15) is 49.3 Å². The van der Waals surface area contributed by atoms with Crippen LogP contribution in [0.3, 0.4) is 0 Å². The summed E-state index contributed by atoms with van der Waals surface area (Å²) in [6, 6.07) is 16.4. The summed E-state index contributed by atoms with van der Waals surface area (Å²) < 4.78 is 34.8. The first-order valence-corrected chi connectivity index (χ1v) is 12.8. The monoisotopic (exact) mass is 528 g/mol. The third-order valence-electron chi connectivity index (χ3n) is 6.23. The minimum atomic E-state index is -0.664. The van der Waals surface area contributed by atoms with E-state index in [1.165, 1.54) is 36.0 Å². The number of ether oxygens (including phenoxy) is 1. The molecule has 1 N–H and O–H groups in total. The summed E-state index contributed by atoms with van der Waals surface area (Å²) in [5, 5.41) is 11.1. The van der Waals surface area contributed by atoms with Gasteiger partial charge in [0.1, 0.15) is 17.4 Å². The van der Waals surface area contributed by atoms with E-state index < -0.39 is 11.5 Å². The first-order valence-electron chi connectivity index (χ1n) is 11.4. The van der Waals surface area contributed by atoms with E-state index in [1.807, 2.05) is 29.0 Å². The Morgan fingerprint density at radius 1 is 1.06 bits per heavy atom. The second kappa shape index (κ2) is 10.6. The molecule has 1 aromatic heterocycles. The average Bonchev–Trinajstić information content (AvgIpc) is 3.28. The van der Waals surface area contributed by atoms with Crippen LogP contribution >= 0.6 is 23.4 Å². The number of hydrogen-bond acceptors (Lipinski definition) is 4. The Kier molecular flexibility index (Phi) is 7.73. The molecule has 4 nitrogen and oxygen atoms in total. The fraction of sp³-hybridized carbons (Fsp3) is 0.250. The van der Waals surface area contributed by atoms with Gasteiger partial charge in [0, 0.05) is 27.4 Å². The maximum Gasteiger partial charge on any atom is 0.173 e. The van der Waals surface area contributed by atoms with E-state index in [0.717, 1.165) is 22.5 Å². The van der Waals surface area contributed by atoms with Gasteiger partial charge in [-0.25, -0.2) is 13.8 Å². The van der Waals surface area contributed by atoms with E-state index in [-0.39, 0.29) is 11.6 Å². The number of hydrogen-bond donors (Lipinski definition) is 1. The van der Waals surface area contributed by atoms with E-state index in [4.69, 9.17) is 21.3 Å². The molecule has 0 spiro atoms. The molecule has 1 unspecified atom stereocenters. The molecule has 188 valence electrons. The fourth-order valence-corrected chi connectivity index (χ4v) is 5.40. The third-order valence-corrected chi connectivity index (χ3v) is 7.59. The van der Waals surface area contributed by atoms with Gasteiger partial charge in [0.15, 0.2) is 5.16 Å². The van der Waals surface area contributed by atoms with Crippen LogP contribution in [-0.4, -0.2) is 21.8 Å². The predicted molar refractivity (Wildman–Crippen MR) is 140 cm³/mol. The van der Waals surface area contributed by atoms with Crippen molar-refractivity contribution in [2.75, 3.05) is 7.11 Å². The summed E-state index contributed by atoms with van der Waals surface area (Å²) in [7, 11) is 1.58. The zero-order chi connectivity index (χ0) is 26.0. The molecule has 0 aliphatic heterocycles. The lowest BCUT2D eigenvalue weighted by atomic mass is 9.81. The highest BCUT2D eigenvalue weighted by atomic mass is 35.5. The SMILES string of the molecule is COc1cc(C(C)(C)c2cnc(SCc3ccc(F)cc3Cl)n2-c2ccc(F)cc2)ccc1C(C)O. The zero-order valence-corrected chi connectivity index (χ0v) is 22.0. The topological polar surface area (TPSA) is 47.3 Å². The van der Waals surface area contributed by atoms with Crippen molar-refractivity contribution < 1.29 is 18.6 Å².